The molecule has 2 rings (SSSR count). The van der Waals surface area contributed by atoms with E-state index in [1.165, 1.54) is 17.0 Å². The fourth-order valence-corrected chi connectivity index (χ4v) is 2.20. The molecule has 1 N–H and O–H groups in total. The number of amides is 2. The maximum Gasteiger partial charge on any atom is 0.339 e. The van der Waals surface area contributed by atoms with Crippen molar-refractivity contribution in [2.24, 2.45) is 0 Å². The van der Waals surface area contributed by atoms with Crippen LogP contribution < -0.4 is 5.32 Å². The fourth-order valence-electron chi connectivity index (χ4n) is 2.20. The van der Waals surface area contributed by atoms with E-state index in [4.69, 9.17) is 4.74 Å². The van der Waals surface area contributed by atoms with Crippen LogP contribution in [-0.4, -0.2) is 55.7 Å². The predicted molar refractivity (Wildman–Crippen MR) is 98.3 cm³/mol. The summed E-state index contributed by atoms with van der Waals surface area (Å²) in [7, 11) is 3.13. The first kappa shape index (κ1) is 19.8. The summed E-state index contributed by atoms with van der Waals surface area (Å²) >= 11 is 0. The topological polar surface area (TPSA) is 92.8 Å². The molecule has 140 valence electrons. The van der Waals surface area contributed by atoms with Gasteiger partial charge in [-0.15, -0.1) is 0 Å². The zero-order chi connectivity index (χ0) is 19.8. The lowest BCUT2D eigenvalue weighted by Gasteiger charge is -2.11. The van der Waals surface area contributed by atoms with Gasteiger partial charge < -0.3 is 15.0 Å². The van der Waals surface area contributed by atoms with Crippen LogP contribution >= 0.6 is 0 Å². The molecule has 7 heteroatoms. The Labute approximate surface area is 156 Å². The highest BCUT2D eigenvalue weighted by Gasteiger charge is 2.19. The lowest BCUT2D eigenvalue weighted by Crippen LogP contribution is -2.38. The monoisotopic (exact) mass is 368 g/mol. The molecular formula is C20H20N2O5. The molecule has 2 aromatic carbocycles. The van der Waals surface area contributed by atoms with Gasteiger partial charge in [0.1, 0.15) is 0 Å². The van der Waals surface area contributed by atoms with Crippen LogP contribution in [-0.2, 0) is 14.3 Å². The Morgan fingerprint density at radius 1 is 0.889 bits per heavy atom. The van der Waals surface area contributed by atoms with Gasteiger partial charge in [-0.2, -0.15) is 0 Å². The average molecular weight is 368 g/mol. The van der Waals surface area contributed by atoms with Crippen molar-refractivity contribution < 1.29 is 23.9 Å². The van der Waals surface area contributed by atoms with Crippen LogP contribution in [0.1, 0.15) is 26.3 Å². The number of rotatable bonds is 7. The molecule has 0 radical (unpaired) electrons. The third-order valence-corrected chi connectivity index (χ3v) is 3.70. The first-order valence-corrected chi connectivity index (χ1v) is 8.23. The second-order valence-electron chi connectivity index (χ2n) is 5.88. The Morgan fingerprint density at radius 2 is 1.48 bits per heavy atom. The molecular weight excluding hydrogens is 348 g/mol. The number of nitrogens with zero attached hydrogens (tertiary/aromatic N) is 1. The van der Waals surface area contributed by atoms with Crippen LogP contribution in [0.5, 0.6) is 0 Å². The van der Waals surface area contributed by atoms with Crippen molar-refractivity contribution in [2.45, 2.75) is 0 Å². The second kappa shape index (κ2) is 9.28. The third-order valence-electron chi connectivity index (χ3n) is 3.70. The third kappa shape index (κ3) is 5.50. The van der Waals surface area contributed by atoms with Crippen LogP contribution in [0.15, 0.2) is 54.6 Å². The van der Waals surface area contributed by atoms with Gasteiger partial charge in [0.15, 0.2) is 12.4 Å². The summed E-state index contributed by atoms with van der Waals surface area (Å²) in [5.74, 6) is -1.99. The first-order valence-electron chi connectivity index (χ1n) is 8.23. The van der Waals surface area contributed by atoms with Gasteiger partial charge in [0.25, 0.3) is 5.91 Å². The quantitative estimate of drug-likeness (QED) is 0.587. The first-order chi connectivity index (χ1) is 12.9. The van der Waals surface area contributed by atoms with Gasteiger partial charge in [0, 0.05) is 25.2 Å². The molecule has 0 aliphatic rings. The van der Waals surface area contributed by atoms with Gasteiger partial charge in [-0.05, 0) is 6.07 Å². The lowest BCUT2D eigenvalue weighted by atomic mass is 9.98. The number of hydrogen-bond acceptors (Lipinski definition) is 5. The van der Waals surface area contributed by atoms with Crippen LogP contribution in [0.3, 0.4) is 0 Å². The number of ether oxygens (including phenoxy) is 1. The molecule has 0 fully saturated rings. The van der Waals surface area contributed by atoms with Gasteiger partial charge in [0.05, 0.1) is 12.1 Å². The van der Waals surface area contributed by atoms with E-state index >= 15 is 0 Å². The van der Waals surface area contributed by atoms with E-state index in [1.807, 2.05) is 0 Å². The smallest absolute Gasteiger partial charge is 0.339 e. The number of carbonyl (C=O) groups is 4. The number of esters is 1. The van der Waals surface area contributed by atoms with Crippen LogP contribution in [0.25, 0.3) is 0 Å². The van der Waals surface area contributed by atoms with Crippen molar-refractivity contribution in [1.82, 2.24) is 10.2 Å². The molecule has 0 spiro atoms. The molecule has 2 amide bonds. The molecule has 7 nitrogen and oxygen atoms in total. The molecule has 0 bridgehead atoms. The Balaban J connectivity index is 2.02. The summed E-state index contributed by atoms with van der Waals surface area (Å²) < 4.78 is 4.98. The Kier molecular flexibility index (Phi) is 6.82. The summed E-state index contributed by atoms with van der Waals surface area (Å²) in [6.45, 7) is -0.736. The van der Waals surface area contributed by atoms with E-state index in [1.54, 1.807) is 56.6 Å². The van der Waals surface area contributed by atoms with Crippen molar-refractivity contribution in [3.63, 3.8) is 0 Å². The van der Waals surface area contributed by atoms with E-state index in [-0.39, 0.29) is 29.4 Å². The summed E-state index contributed by atoms with van der Waals surface area (Å²) in [5, 5.41) is 2.36. The minimum atomic E-state index is -0.788. The predicted octanol–water partition coefficient (Wildman–Crippen LogP) is 1.28. The van der Waals surface area contributed by atoms with E-state index in [0.717, 1.165) is 0 Å². The fraction of sp³-hybridized carbons (Fsp3) is 0.200. The van der Waals surface area contributed by atoms with Crippen molar-refractivity contribution in [2.75, 3.05) is 27.2 Å². The Morgan fingerprint density at radius 3 is 2.11 bits per heavy atom. The number of nitrogens with one attached hydrogen (secondary N) is 1. The second-order valence-corrected chi connectivity index (χ2v) is 5.88. The number of likely N-dealkylation sites (N-methyl/N-ethyl adjacent to an activating group) is 1. The summed E-state index contributed by atoms with van der Waals surface area (Å²) in [4.78, 5) is 49.4. The summed E-state index contributed by atoms with van der Waals surface area (Å²) in [6, 6.07) is 14.8. The maximum absolute atomic E-state index is 12.6. The van der Waals surface area contributed by atoms with Crippen molar-refractivity contribution in [3.8, 4) is 0 Å². The summed E-state index contributed by atoms with van der Waals surface area (Å²) in [6.07, 6.45) is 0. The van der Waals surface area contributed by atoms with E-state index in [9.17, 15) is 19.2 Å². The molecule has 0 aliphatic carbocycles. The molecule has 27 heavy (non-hydrogen) atoms. The van der Waals surface area contributed by atoms with E-state index < -0.39 is 18.5 Å². The Hall–Kier alpha value is -3.48. The SMILES string of the molecule is CN(C)C(=O)CNC(=O)COC(=O)c1ccccc1C(=O)c1ccccc1. The maximum atomic E-state index is 12.6. The van der Waals surface area contributed by atoms with Crippen LogP contribution in [0, 0.1) is 0 Å². The number of hydrogen-bond donors (Lipinski definition) is 1. The molecule has 0 unspecified atom stereocenters. The average Bonchev–Trinajstić information content (AvgIpc) is 2.70. The molecule has 0 aliphatic heterocycles. The minimum Gasteiger partial charge on any atom is -0.452 e. The molecule has 0 atom stereocenters. The van der Waals surface area contributed by atoms with Crippen molar-refractivity contribution in [1.29, 1.82) is 0 Å². The molecule has 0 heterocycles. The minimum absolute atomic E-state index is 0.0727. The number of carbonyl (C=O) groups excluding carboxylic acids is 4. The molecule has 0 saturated heterocycles. The van der Waals surface area contributed by atoms with Gasteiger partial charge in [-0.1, -0.05) is 48.5 Å². The number of ketones is 1. The Bertz CT molecular complexity index is 846. The zero-order valence-electron chi connectivity index (χ0n) is 15.1. The molecule has 0 aromatic heterocycles. The molecule has 0 saturated carbocycles. The molecule has 2 aromatic rings. The van der Waals surface area contributed by atoms with Gasteiger partial charge in [-0.25, -0.2) is 4.79 Å². The van der Waals surface area contributed by atoms with Crippen LogP contribution in [0.2, 0.25) is 0 Å². The largest absolute Gasteiger partial charge is 0.452 e. The highest BCUT2D eigenvalue weighted by Crippen LogP contribution is 2.15. The highest BCUT2D eigenvalue weighted by molar-refractivity contribution is 6.14. The van der Waals surface area contributed by atoms with Gasteiger partial charge in [0.2, 0.25) is 5.91 Å². The van der Waals surface area contributed by atoms with E-state index in [0.29, 0.717) is 5.56 Å². The summed E-state index contributed by atoms with van der Waals surface area (Å²) in [5.41, 5.74) is 0.707. The van der Waals surface area contributed by atoms with Crippen LogP contribution in [0.4, 0.5) is 0 Å². The normalized spacial score (nSPS) is 10.0. The van der Waals surface area contributed by atoms with Gasteiger partial charge >= 0.3 is 5.97 Å². The van der Waals surface area contributed by atoms with Gasteiger partial charge in [-0.3, -0.25) is 14.4 Å². The highest BCUT2D eigenvalue weighted by atomic mass is 16.5. The van der Waals surface area contributed by atoms with Crippen molar-refractivity contribution >= 4 is 23.6 Å². The van der Waals surface area contributed by atoms with Crippen molar-refractivity contribution in [3.05, 3.63) is 71.3 Å². The lowest BCUT2D eigenvalue weighted by molar-refractivity contribution is -0.131. The number of benzene rings is 2. The zero-order valence-corrected chi connectivity index (χ0v) is 15.1. The standard InChI is InChI=1S/C20H20N2O5/c1-22(2)18(24)12-21-17(23)13-27-20(26)16-11-7-6-10-15(16)19(25)14-8-4-3-5-9-14/h3-11H,12-13H2,1-2H3,(H,21,23). The van der Waals surface area contributed by atoms with E-state index in [2.05, 4.69) is 5.32 Å².